The lowest BCUT2D eigenvalue weighted by atomic mass is 9.85. The number of ether oxygens (including phenoxy) is 1. The molecule has 4 rings (SSSR count). The van der Waals surface area contributed by atoms with E-state index < -0.39 is 17.7 Å². The van der Waals surface area contributed by atoms with Gasteiger partial charge in [0.1, 0.15) is 5.76 Å². The van der Waals surface area contributed by atoms with E-state index in [9.17, 15) is 14.7 Å². The van der Waals surface area contributed by atoms with Gasteiger partial charge in [0.15, 0.2) is 0 Å². The van der Waals surface area contributed by atoms with Crippen LogP contribution in [0.4, 0.5) is 0 Å². The average Bonchev–Trinajstić information content (AvgIpc) is 3.09. The molecule has 6 nitrogen and oxygen atoms in total. The first kappa shape index (κ1) is 25.4. The summed E-state index contributed by atoms with van der Waals surface area (Å²) in [6.07, 6.45) is 0.727. The summed E-state index contributed by atoms with van der Waals surface area (Å²) in [5.41, 5.74) is 2.51. The van der Waals surface area contributed by atoms with Crippen LogP contribution < -0.4 is 0 Å². The number of halogens is 1. The SMILES string of the molecule is CC(C)(C)c1ccc([C@H]2/C(=C(\O)c3ccc(Cl)cc3)C(=O)C(=O)N2CCCN2CCOCC2)cc1. The zero-order valence-corrected chi connectivity index (χ0v) is 21.3. The van der Waals surface area contributed by atoms with E-state index in [2.05, 4.69) is 25.7 Å². The molecule has 1 amide bonds. The van der Waals surface area contributed by atoms with Crippen LogP contribution >= 0.6 is 11.6 Å². The first-order valence-corrected chi connectivity index (χ1v) is 12.5. The number of benzene rings is 2. The van der Waals surface area contributed by atoms with Crippen LogP contribution in [0.1, 0.15) is 49.9 Å². The van der Waals surface area contributed by atoms with Gasteiger partial charge in [-0.15, -0.1) is 0 Å². The largest absolute Gasteiger partial charge is 0.507 e. The van der Waals surface area contributed by atoms with E-state index in [0.29, 0.717) is 30.3 Å². The lowest BCUT2D eigenvalue weighted by molar-refractivity contribution is -0.140. The van der Waals surface area contributed by atoms with Crippen LogP contribution in [0, 0.1) is 0 Å². The smallest absolute Gasteiger partial charge is 0.295 e. The van der Waals surface area contributed by atoms with Gasteiger partial charge in [0, 0.05) is 36.8 Å². The Morgan fingerprint density at radius 1 is 1.00 bits per heavy atom. The van der Waals surface area contributed by atoms with E-state index >= 15 is 0 Å². The Labute approximate surface area is 212 Å². The molecule has 0 radical (unpaired) electrons. The Hall–Kier alpha value is -2.67. The maximum absolute atomic E-state index is 13.2. The number of hydrogen-bond donors (Lipinski definition) is 1. The summed E-state index contributed by atoms with van der Waals surface area (Å²) in [7, 11) is 0. The van der Waals surface area contributed by atoms with Gasteiger partial charge in [0.05, 0.1) is 24.8 Å². The maximum Gasteiger partial charge on any atom is 0.295 e. The first-order valence-electron chi connectivity index (χ1n) is 12.1. The summed E-state index contributed by atoms with van der Waals surface area (Å²) in [5.74, 6) is -1.42. The van der Waals surface area contributed by atoms with Gasteiger partial charge >= 0.3 is 0 Å². The number of amides is 1. The number of ketones is 1. The molecular formula is C28H33ClN2O4. The second-order valence-electron chi connectivity index (χ2n) is 10.2. The third kappa shape index (κ3) is 5.61. The monoisotopic (exact) mass is 496 g/mol. The summed E-state index contributed by atoms with van der Waals surface area (Å²) in [6, 6.07) is 14.0. The Morgan fingerprint density at radius 3 is 2.23 bits per heavy atom. The molecule has 186 valence electrons. The number of hydrogen-bond acceptors (Lipinski definition) is 5. The molecule has 2 aromatic carbocycles. The molecule has 0 aliphatic carbocycles. The van der Waals surface area contributed by atoms with Gasteiger partial charge < -0.3 is 14.7 Å². The highest BCUT2D eigenvalue weighted by Gasteiger charge is 2.45. The van der Waals surface area contributed by atoms with Crippen molar-refractivity contribution in [3.63, 3.8) is 0 Å². The molecule has 2 fully saturated rings. The van der Waals surface area contributed by atoms with Crippen molar-refractivity contribution in [2.75, 3.05) is 39.4 Å². The van der Waals surface area contributed by atoms with Crippen LogP contribution in [-0.2, 0) is 19.7 Å². The van der Waals surface area contributed by atoms with E-state index in [1.807, 2.05) is 24.3 Å². The molecule has 2 aliphatic heterocycles. The van der Waals surface area contributed by atoms with Crippen molar-refractivity contribution in [1.82, 2.24) is 9.80 Å². The number of aliphatic hydroxyl groups is 1. The number of likely N-dealkylation sites (tertiary alicyclic amines) is 1. The highest BCUT2D eigenvalue weighted by Crippen LogP contribution is 2.40. The van der Waals surface area contributed by atoms with Gasteiger partial charge in [-0.1, -0.05) is 56.6 Å². The third-order valence-corrected chi connectivity index (χ3v) is 6.98. The molecule has 2 heterocycles. The summed E-state index contributed by atoms with van der Waals surface area (Å²) in [5, 5.41) is 11.7. The normalized spacial score (nSPS) is 21.0. The topological polar surface area (TPSA) is 70.1 Å². The molecule has 7 heteroatoms. The summed E-state index contributed by atoms with van der Waals surface area (Å²) >= 11 is 6.01. The average molecular weight is 497 g/mol. The van der Waals surface area contributed by atoms with E-state index in [4.69, 9.17) is 16.3 Å². The predicted octanol–water partition coefficient (Wildman–Crippen LogP) is 4.78. The molecule has 0 saturated carbocycles. The fraction of sp³-hybridized carbons (Fsp3) is 0.429. The lowest BCUT2D eigenvalue weighted by Gasteiger charge is -2.29. The molecule has 2 aromatic rings. The van der Waals surface area contributed by atoms with Crippen molar-refractivity contribution in [3.05, 3.63) is 75.8 Å². The Balaban J connectivity index is 1.68. The minimum atomic E-state index is -0.659. The molecule has 2 aliphatic rings. The van der Waals surface area contributed by atoms with E-state index in [0.717, 1.165) is 37.2 Å². The molecule has 0 unspecified atom stereocenters. The van der Waals surface area contributed by atoms with Crippen molar-refractivity contribution in [2.24, 2.45) is 0 Å². The Kier molecular flexibility index (Phi) is 7.64. The van der Waals surface area contributed by atoms with E-state index in [-0.39, 0.29) is 16.7 Å². The Bertz CT molecular complexity index is 1100. The summed E-state index contributed by atoms with van der Waals surface area (Å²) in [4.78, 5) is 30.3. The van der Waals surface area contributed by atoms with Crippen molar-refractivity contribution in [3.8, 4) is 0 Å². The number of carbonyl (C=O) groups excluding carboxylic acids is 2. The number of rotatable bonds is 6. The molecule has 35 heavy (non-hydrogen) atoms. The summed E-state index contributed by atoms with van der Waals surface area (Å²) in [6.45, 7) is 10.8. The number of Topliss-reactive ketones (excluding diaryl/α,β-unsaturated/α-hetero) is 1. The molecule has 0 bridgehead atoms. The molecular weight excluding hydrogens is 464 g/mol. The Morgan fingerprint density at radius 2 is 1.63 bits per heavy atom. The van der Waals surface area contributed by atoms with Crippen molar-refractivity contribution in [1.29, 1.82) is 0 Å². The van der Waals surface area contributed by atoms with Gasteiger partial charge in [-0.3, -0.25) is 14.5 Å². The molecule has 0 spiro atoms. The van der Waals surface area contributed by atoms with Crippen LogP contribution in [0.2, 0.25) is 5.02 Å². The maximum atomic E-state index is 13.2. The van der Waals surface area contributed by atoms with Crippen LogP contribution in [-0.4, -0.2) is 66.0 Å². The third-order valence-electron chi connectivity index (χ3n) is 6.73. The summed E-state index contributed by atoms with van der Waals surface area (Å²) < 4.78 is 5.42. The van der Waals surface area contributed by atoms with Crippen molar-refractivity contribution < 1.29 is 19.4 Å². The predicted molar refractivity (Wildman–Crippen MR) is 137 cm³/mol. The zero-order valence-electron chi connectivity index (χ0n) is 20.6. The molecule has 0 aromatic heterocycles. The fourth-order valence-electron chi connectivity index (χ4n) is 4.68. The van der Waals surface area contributed by atoms with E-state index in [1.165, 1.54) is 0 Å². The second kappa shape index (κ2) is 10.5. The van der Waals surface area contributed by atoms with Crippen LogP contribution in [0.3, 0.4) is 0 Å². The van der Waals surface area contributed by atoms with Crippen molar-refractivity contribution in [2.45, 2.75) is 38.6 Å². The van der Waals surface area contributed by atoms with Gasteiger partial charge in [0.2, 0.25) is 0 Å². The van der Waals surface area contributed by atoms with Crippen molar-refractivity contribution >= 4 is 29.1 Å². The highest BCUT2D eigenvalue weighted by molar-refractivity contribution is 6.46. The zero-order chi connectivity index (χ0) is 25.2. The molecule has 1 N–H and O–H groups in total. The standard InChI is InChI=1S/C28H33ClN2O4/c1-28(2,3)21-9-5-19(6-10-21)24-23(25(32)20-7-11-22(29)12-8-20)26(33)27(34)31(24)14-4-13-30-15-17-35-18-16-30/h5-12,24,32H,4,13-18H2,1-3H3/b25-23+/t24-/m0/s1. The highest BCUT2D eigenvalue weighted by atomic mass is 35.5. The lowest BCUT2D eigenvalue weighted by Crippen LogP contribution is -2.39. The first-order chi connectivity index (χ1) is 16.7. The van der Waals surface area contributed by atoms with E-state index in [1.54, 1.807) is 29.2 Å². The fourth-order valence-corrected chi connectivity index (χ4v) is 4.80. The van der Waals surface area contributed by atoms with Gasteiger partial charge in [0.25, 0.3) is 11.7 Å². The van der Waals surface area contributed by atoms with Gasteiger partial charge in [-0.05, 0) is 47.2 Å². The van der Waals surface area contributed by atoms with Gasteiger partial charge in [-0.2, -0.15) is 0 Å². The number of nitrogens with zero attached hydrogens (tertiary/aromatic N) is 2. The number of carbonyl (C=O) groups is 2. The number of aliphatic hydroxyl groups excluding tert-OH is 1. The molecule has 2 saturated heterocycles. The number of morpholine rings is 1. The minimum Gasteiger partial charge on any atom is -0.507 e. The van der Waals surface area contributed by atoms with Crippen LogP contribution in [0.25, 0.3) is 5.76 Å². The second-order valence-corrected chi connectivity index (χ2v) is 10.6. The van der Waals surface area contributed by atoms with Gasteiger partial charge in [-0.25, -0.2) is 0 Å². The van der Waals surface area contributed by atoms with Crippen LogP contribution in [0.5, 0.6) is 0 Å². The van der Waals surface area contributed by atoms with Crippen LogP contribution in [0.15, 0.2) is 54.1 Å². The minimum absolute atomic E-state index is 0.0260. The molecule has 1 atom stereocenters. The quantitative estimate of drug-likeness (QED) is 0.354.